The van der Waals surface area contributed by atoms with Crippen LogP contribution in [0.5, 0.6) is 0 Å². The van der Waals surface area contributed by atoms with Gasteiger partial charge in [-0.2, -0.15) is 10.2 Å². The molecule has 0 saturated carbocycles. The maximum Gasteiger partial charge on any atom is 0.0929 e. The molecule has 0 aliphatic heterocycles. The highest BCUT2D eigenvalue weighted by atomic mass is 16.5. The van der Waals surface area contributed by atoms with Gasteiger partial charge >= 0.3 is 0 Å². The minimum absolute atomic E-state index is 0.0860. The van der Waals surface area contributed by atoms with Crippen LogP contribution in [0.4, 0.5) is 0 Å². The van der Waals surface area contributed by atoms with Crippen molar-refractivity contribution in [2.24, 2.45) is 0 Å². The number of rotatable bonds is 4. The summed E-state index contributed by atoms with van der Waals surface area (Å²) in [7, 11) is 1.72. The van der Waals surface area contributed by atoms with E-state index in [0.29, 0.717) is 5.92 Å². The van der Waals surface area contributed by atoms with Crippen molar-refractivity contribution in [3.05, 3.63) is 47.7 Å². The van der Waals surface area contributed by atoms with E-state index in [0.717, 1.165) is 22.5 Å². The Hall–Kier alpha value is -1.74. The molecule has 0 amide bonds. The Morgan fingerprint density at radius 2 is 1.79 bits per heavy atom. The first-order valence-corrected chi connectivity index (χ1v) is 6.58. The molecule has 0 saturated heterocycles. The molecule has 100 valence electrons. The van der Waals surface area contributed by atoms with E-state index in [4.69, 9.17) is 4.74 Å². The summed E-state index contributed by atoms with van der Waals surface area (Å²) in [6.07, 6.45) is 0.0860. The van der Waals surface area contributed by atoms with Crippen LogP contribution in [0, 0.1) is 0 Å². The third-order valence-electron chi connectivity index (χ3n) is 3.28. The van der Waals surface area contributed by atoms with Crippen molar-refractivity contribution >= 4 is 0 Å². The predicted molar refractivity (Wildman–Crippen MR) is 77.0 cm³/mol. The molecule has 0 N–H and O–H groups in total. The molecule has 1 aromatic carbocycles. The highest BCUT2D eigenvalue weighted by Gasteiger charge is 2.07. The van der Waals surface area contributed by atoms with E-state index in [2.05, 4.69) is 36.2 Å². The molecular formula is C16H20N2O. The van der Waals surface area contributed by atoms with Crippen LogP contribution >= 0.6 is 0 Å². The lowest BCUT2D eigenvalue weighted by molar-refractivity contribution is 0.119. The number of methoxy groups -OCH3 is 1. The van der Waals surface area contributed by atoms with Gasteiger partial charge < -0.3 is 4.74 Å². The summed E-state index contributed by atoms with van der Waals surface area (Å²) in [6, 6.07) is 12.3. The van der Waals surface area contributed by atoms with E-state index in [1.54, 1.807) is 7.11 Å². The summed E-state index contributed by atoms with van der Waals surface area (Å²) in [4.78, 5) is 0. The molecule has 3 heteroatoms. The van der Waals surface area contributed by atoms with Crippen molar-refractivity contribution < 1.29 is 4.74 Å². The van der Waals surface area contributed by atoms with E-state index in [9.17, 15) is 0 Å². The molecule has 1 aromatic heterocycles. The zero-order chi connectivity index (χ0) is 13.8. The number of nitrogens with zero attached hydrogens (tertiary/aromatic N) is 2. The third kappa shape index (κ3) is 3.18. The van der Waals surface area contributed by atoms with Crippen LogP contribution in [0.1, 0.15) is 44.1 Å². The molecular weight excluding hydrogens is 236 g/mol. The zero-order valence-electron chi connectivity index (χ0n) is 11.9. The van der Waals surface area contributed by atoms with Crippen LogP contribution in [0.3, 0.4) is 0 Å². The van der Waals surface area contributed by atoms with E-state index in [-0.39, 0.29) is 6.10 Å². The average Bonchev–Trinajstić information content (AvgIpc) is 2.46. The third-order valence-corrected chi connectivity index (χ3v) is 3.28. The molecule has 2 aromatic rings. The summed E-state index contributed by atoms with van der Waals surface area (Å²) < 4.78 is 5.34. The summed E-state index contributed by atoms with van der Waals surface area (Å²) in [5.41, 5.74) is 4.14. The van der Waals surface area contributed by atoms with Gasteiger partial charge in [0.15, 0.2) is 0 Å². The van der Waals surface area contributed by atoms with Crippen molar-refractivity contribution in [3.63, 3.8) is 0 Å². The predicted octanol–water partition coefficient (Wildman–Crippen LogP) is 3.97. The largest absolute Gasteiger partial charge is 0.377 e. The summed E-state index contributed by atoms with van der Waals surface area (Å²) in [5, 5.41) is 8.57. The molecule has 1 heterocycles. The van der Waals surface area contributed by atoms with Crippen LogP contribution in [-0.4, -0.2) is 17.3 Å². The smallest absolute Gasteiger partial charge is 0.0929 e. The molecule has 2 rings (SSSR count). The highest BCUT2D eigenvalue weighted by Crippen LogP contribution is 2.23. The minimum Gasteiger partial charge on any atom is -0.377 e. The lowest BCUT2D eigenvalue weighted by Gasteiger charge is -2.11. The Bertz CT molecular complexity index is 535. The molecule has 0 spiro atoms. The van der Waals surface area contributed by atoms with Crippen LogP contribution in [0.15, 0.2) is 36.4 Å². The molecule has 0 radical (unpaired) electrons. The standard InChI is InChI=1S/C16H20N2O/c1-11(2)15-8-9-16(18-17-15)14-7-5-6-13(10-14)12(3)19-4/h5-12H,1-4H3. The quantitative estimate of drug-likeness (QED) is 0.830. The Kier molecular flexibility index (Phi) is 4.27. The van der Waals surface area contributed by atoms with Gasteiger partial charge in [0.05, 0.1) is 17.5 Å². The van der Waals surface area contributed by atoms with Gasteiger partial charge in [0.1, 0.15) is 0 Å². The normalized spacial score (nSPS) is 12.7. The lowest BCUT2D eigenvalue weighted by Crippen LogP contribution is -1.98. The highest BCUT2D eigenvalue weighted by molar-refractivity contribution is 5.59. The van der Waals surface area contributed by atoms with E-state index < -0.39 is 0 Å². The monoisotopic (exact) mass is 256 g/mol. The maximum atomic E-state index is 5.34. The molecule has 3 nitrogen and oxygen atoms in total. The van der Waals surface area contributed by atoms with Crippen molar-refractivity contribution in [1.82, 2.24) is 10.2 Å². The van der Waals surface area contributed by atoms with E-state index in [1.807, 2.05) is 31.2 Å². The molecule has 1 unspecified atom stereocenters. The first kappa shape index (κ1) is 13.7. The van der Waals surface area contributed by atoms with Gasteiger partial charge in [-0.25, -0.2) is 0 Å². The van der Waals surface area contributed by atoms with Gasteiger partial charge in [-0.05, 0) is 36.6 Å². The Labute approximate surface area is 114 Å². The average molecular weight is 256 g/mol. The molecule has 0 aliphatic carbocycles. The number of benzene rings is 1. The lowest BCUT2D eigenvalue weighted by atomic mass is 10.0. The fourth-order valence-electron chi connectivity index (χ4n) is 1.89. The van der Waals surface area contributed by atoms with Crippen LogP contribution in [-0.2, 0) is 4.74 Å². The van der Waals surface area contributed by atoms with E-state index >= 15 is 0 Å². The van der Waals surface area contributed by atoms with Crippen molar-refractivity contribution in [2.45, 2.75) is 32.8 Å². The number of aromatic nitrogens is 2. The second-order valence-corrected chi connectivity index (χ2v) is 5.00. The first-order valence-electron chi connectivity index (χ1n) is 6.58. The van der Waals surface area contributed by atoms with Crippen LogP contribution in [0.2, 0.25) is 0 Å². The van der Waals surface area contributed by atoms with Gasteiger partial charge in [0.25, 0.3) is 0 Å². The van der Waals surface area contributed by atoms with Gasteiger partial charge in [-0.1, -0.05) is 32.0 Å². The van der Waals surface area contributed by atoms with Crippen molar-refractivity contribution in [1.29, 1.82) is 0 Å². The van der Waals surface area contributed by atoms with Gasteiger partial charge in [0.2, 0.25) is 0 Å². The number of ether oxygens (including phenoxy) is 1. The van der Waals surface area contributed by atoms with Crippen molar-refractivity contribution in [2.75, 3.05) is 7.11 Å². The molecule has 1 atom stereocenters. The van der Waals surface area contributed by atoms with Gasteiger partial charge in [-0.3, -0.25) is 0 Å². The van der Waals surface area contributed by atoms with Crippen molar-refractivity contribution in [3.8, 4) is 11.3 Å². The minimum atomic E-state index is 0.0860. The second-order valence-electron chi connectivity index (χ2n) is 5.00. The van der Waals surface area contributed by atoms with Gasteiger partial charge in [0, 0.05) is 12.7 Å². The number of hydrogen-bond donors (Lipinski definition) is 0. The summed E-state index contributed by atoms with van der Waals surface area (Å²) in [5.74, 6) is 0.404. The molecule has 0 bridgehead atoms. The van der Waals surface area contributed by atoms with Crippen LogP contribution in [0.25, 0.3) is 11.3 Å². The second kappa shape index (κ2) is 5.93. The topological polar surface area (TPSA) is 35.0 Å². The molecule has 19 heavy (non-hydrogen) atoms. The fourth-order valence-corrected chi connectivity index (χ4v) is 1.89. The van der Waals surface area contributed by atoms with E-state index in [1.165, 1.54) is 0 Å². The Morgan fingerprint density at radius 3 is 2.37 bits per heavy atom. The molecule has 0 aliphatic rings. The number of hydrogen-bond acceptors (Lipinski definition) is 3. The first-order chi connectivity index (χ1) is 9.11. The summed E-state index contributed by atoms with van der Waals surface area (Å²) in [6.45, 7) is 6.27. The van der Waals surface area contributed by atoms with Crippen LogP contribution < -0.4 is 0 Å². The Morgan fingerprint density at radius 1 is 1.00 bits per heavy atom. The summed E-state index contributed by atoms with van der Waals surface area (Å²) >= 11 is 0. The van der Waals surface area contributed by atoms with Gasteiger partial charge in [-0.15, -0.1) is 0 Å². The Balaban J connectivity index is 2.31. The fraction of sp³-hybridized carbons (Fsp3) is 0.375. The molecule has 0 fully saturated rings. The SMILES string of the molecule is COC(C)c1cccc(-c2ccc(C(C)C)nn2)c1. The maximum absolute atomic E-state index is 5.34. The zero-order valence-corrected chi connectivity index (χ0v) is 11.9.